The molecule has 170 valence electrons. The third-order valence-corrected chi connectivity index (χ3v) is 6.45. The topological polar surface area (TPSA) is 95.3 Å². The molecule has 0 aliphatic rings. The number of aromatic nitrogens is 3. The van der Waals surface area contributed by atoms with Gasteiger partial charge in [-0.15, -0.1) is 11.3 Å². The van der Waals surface area contributed by atoms with Gasteiger partial charge in [0, 0.05) is 35.1 Å². The Hall–Kier alpha value is -3.14. The van der Waals surface area contributed by atoms with Crippen molar-refractivity contribution in [2.75, 3.05) is 19.5 Å². The van der Waals surface area contributed by atoms with Gasteiger partial charge in [-0.25, -0.2) is 9.97 Å². The average molecular weight is 505 g/mol. The molecule has 0 saturated carbocycles. The molecule has 0 unspecified atom stereocenters. The van der Waals surface area contributed by atoms with Crippen LogP contribution in [-0.4, -0.2) is 40.4 Å². The van der Waals surface area contributed by atoms with Crippen molar-refractivity contribution in [1.29, 1.82) is 0 Å². The molecule has 0 atom stereocenters. The third kappa shape index (κ3) is 4.52. The van der Waals surface area contributed by atoms with Crippen molar-refractivity contribution in [3.63, 3.8) is 0 Å². The first-order valence-electron chi connectivity index (χ1n) is 9.64. The molecule has 1 N–H and O–H groups in total. The van der Waals surface area contributed by atoms with Crippen LogP contribution in [0.4, 0.5) is 5.69 Å². The summed E-state index contributed by atoms with van der Waals surface area (Å²) in [6.45, 7) is 2.13. The quantitative estimate of drug-likeness (QED) is 0.281. The van der Waals surface area contributed by atoms with E-state index in [1.165, 1.54) is 37.8 Å². The summed E-state index contributed by atoms with van der Waals surface area (Å²) in [6.07, 6.45) is 3.05. The highest BCUT2D eigenvalue weighted by Gasteiger charge is 2.27. The Morgan fingerprint density at radius 3 is 2.61 bits per heavy atom. The van der Waals surface area contributed by atoms with Gasteiger partial charge < -0.3 is 19.4 Å². The van der Waals surface area contributed by atoms with Gasteiger partial charge in [0.05, 0.1) is 43.1 Å². The number of ketones is 1. The molecule has 0 spiro atoms. The lowest BCUT2D eigenvalue weighted by Crippen LogP contribution is -2.23. The van der Waals surface area contributed by atoms with Crippen LogP contribution in [0.25, 0.3) is 10.9 Å². The van der Waals surface area contributed by atoms with Gasteiger partial charge in [-0.2, -0.15) is 0 Å². The number of nitrogens with zero attached hydrogens (tertiary/aromatic N) is 3. The Morgan fingerprint density at radius 1 is 1.15 bits per heavy atom. The number of pyridine rings is 1. The van der Waals surface area contributed by atoms with Gasteiger partial charge in [0.2, 0.25) is 5.88 Å². The molecule has 33 heavy (non-hydrogen) atoms. The highest BCUT2D eigenvalue weighted by molar-refractivity contribution is 7.15. The number of thiazole rings is 1. The standard InChI is InChI=1S/C22H18Cl2N4O4S/c1-11-20(21(29)22(30)27-12-4-5-25-18(6-12)32-3)13-7-14(23)16(31-2)8-15(13)28(11)10-19-26-9-17(24)33-19/h4-9H,10H2,1-3H3,(H,25,27,30). The van der Waals surface area contributed by atoms with Gasteiger partial charge in [-0.05, 0) is 19.1 Å². The highest BCUT2D eigenvalue weighted by atomic mass is 35.5. The van der Waals surface area contributed by atoms with Crippen LogP contribution < -0.4 is 14.8 Å². The number of anilines is 1. The van der Waals surface area contributed by atoms with Gasteiger partial charge in [-0.1, -0.05) is 23.2 Å². The maximum Gasteiger partial charge on any atom is 0.296 e. The number of carbonyl (C=O) groups is 2. The van der Waals surface area contributed by atoms with Gasteiger partial charge in [-0.3, -0.25) is 9.59 Å². The summed E-state index contributed by atoms with van der Waals surface area (Å²) in [5.41, 5.74) is 1.91. The fourth-order valence-corrected chi connectivity index (χ4v) is 4.71. The van der Waals surface area contributed by atoms with Gasteiger partial charge in [0.25, 0.3) is 11.7 Å². The van der Waals surface area contributed by atoms with E-state index in [0.717, 1.165) is 5.01 Å². The number of benzene rings is 1. The molecular formula is C22H18Cl2N4O4S. The Balaban J connectivity index is 1.78. The van der Waals surface area contributed by atoms with Crippen molar-refractivity contribution in [3.8, 4) is 11.6 Å². The van der Waals surface area contributed by atoms with E-state index < -0.39 is 11.7 Å². The zero-order valence-electron chi connectivity index (χ0n) is 17.8. The second-order valence-corrected chi connectivity index (χ2v) is 9.13. The van der Waals surface area contributed by atoms with E-state index in [2.05, 4.69) is 15.3 Å². The molecule has 3 aromatic heterocycles. The lowest BCUT2D eigenvalue weighted by molar-refractivity contribution is -0.112. The van der Waals surface area contributed by atoms with E-state index in [1.807, 2.05) is 4.57 Å². The number of amides is 1. The summed E-state index contributed by atoms with van der Waals surface area (Å²) < 4.78 is 12.9. The summed E-state index contributed by atoms with van der Waals surface area (Å²) in [7, 11) is 2.97. The molecule has 8 nitrogen and oxygen atoms in total. The van der Waals surface area contributed by atoms with Crippen LogP contribution in [0.5, 0.6) is 11.6 Å². The molecule has 0 radical (unpaired) electrons. The van der Waals surface area contributed by atoms with Crippen LogP contribution in [0, 0.1) is 6.92 Å². The molecule has 0 fully saturated rings. The lowest BCUT2D eigenvalue weighted by Gasteiger charge is -2.08. The second-order valence-electron chi connectivity index (χ2n) is 6.98. The van der Waals surface area contributed by atoms with Crippen LogP contribution >= 0.6 is 34.5 Å². The number of hydrogen-bond acceptors (Lipinski definition) is 7. The van der Waals surface area contributed by atoms with Crippen molar-refractivity contribution in [3.05, 3.63) is 62.3 Å². The van der Waals surface area contributed by atoms with Crippen LogP contribution in [0.15, 0.2) is 36.7 Å². The van der Waals surface area contributed by atoms with Crippen molar-refractivity contribution in [1.82, 2.24) is 14.5 Å². The SMILES string of the molecule is COc1cc(NC(=O)C(=O)c2c(C)n(Cc3ncc(Cl)s3)c3cc(OC)c(Cl)cc23)ccn1. The lowest BCUT2D eigenvalue weighted by atomic mass is 10.1. The molecule has 1 aromatic carbocycles. The first-order valence-corrected chi connectivity index (χ1v) is 11.2. The van der Waals surface area contributed by atoms with Crippen LogP contribution in [0.2, 0.25) is 9.36 Å². The number of ether oxygens (including phenoxy) is 2. The van der Waals surface area contributed by atoms with E-state index in [4.69, 9.17) is 32.7 Å². The number of carbonyl (C=O) groups excluding carboxylic acids is 2. The zero-order valence-corrected chi connectivity index (χ0v) is 20.1. The summed E-state index contributed by atoms with van der Waals surface area (Å²) in [4.78, 5) is 34.5. The second kappa shape index (κ2) is 9.38. The first-order chi connectivity index (χ1) is 15.8. The number of Topliss-reactive ketones (excluding diaryl/α,β-unsaturated/α-hetero) is 1. The molecule has 0 aliphatic heterocycles. The zero-order chi connectivity index (χ0) is 23.7. The predicted octanol–water partition coefficient (Wildman–Crippen LogP) is 4.99. The average Bonchev–Trinajstić information content (AvgIpc) is 3.33. The van der Waals surface area contributed by atoms with E-state index >= 15 is 0 Å². The molecule has 3 heterocycles. The molecular weight excluding hydrogens is 487 g/mol. The maximum atomic E-state index is 13.3. The Morgan fingerprint density at radius 2 is 1.94 bits per heavy atom. The third-order valence-electron chi connectivity index (χ3n) is 5.05. The van der Waals surface area contributed by atoms with Crippen molar-refractivity contribution >= 4 is 62.8 Å². The van der Waals surface area contributed by atoms with E-state index in [9.17, 15) is 9.59 Å². The highest BCUT2D eigenvalue weighted by Crippen LogP contribution is 2.36. The Labute approximate surface area is 203 Å². The Kier molecular flexibility index (Phi) is 6.55. The van der Waals surface area contributed by atoms with Crippen LogP contribution in [0.1, 0.15) is 21.1 Å². The number of methoxy groups -OCH3 is 2. The number of hydrogen-bond donors (Lipinski definition) is 1. The largest absolute Gasteiger partial charge is 0.495 e. The predicted molar refractivity (Wildman–Crippen MR) is 128 cm³/mol. The smallest absolute Gasteiger partial charge is 0.296 e. The van der Waals surface area contributed by atoms with Gasteiger partial charge >= 0.3 is 0 Å². The van der Waals surface area contributed by atoms with Crippen LogP contribution in [-0.2, 0) is 11.3 Å². The summed E-state index contributed by atoms with van der Waals surface area (Å²) >= 11 is 13.7. The van der Waals surface area contributed by atoms with Crippen LogP contribution in [0.3, 0.4) is 0 Å². The van der Waals surface area contributed by atoms with Crippen molar-refractivity contribution in [2.45, 2.75) is 13.5 Å². The minimum Gasteiger partial charge on any atom is -0.495 e. The maximum absolute atomic E-state index is 13.3. The summed E-state index contributed by atoms with van der Waals surface area (Å²) in [6, 6.07) is 6.46. The molecule has 0 saturated heterocycles. The normalized spacial score (nSPS) is 10.9. The minimum atomic E-state index is -0.797. The van der Waals surface area contributed by atoms with Gasteiger partial charge in [0.15, 0.2) is 0 Å². The first kappa shape index (κ1) is 23.0. The Bertz CT molecular complexity index is 1380. The molecule has 4 rings (SSSR count). The molecule has 0 bridgehead atoms. The van der Waals surface area contributed by atoms with Gasteiger partial charge in [0.1, 0.15) is 15.1 Å². The summed E-state index contributed by atoms with van der Waals surface area (Å²) in [5, 5.41) is 4.22. The number of nitrogens with one attached hydrogen (secondary N) is 1. The fraction of sp³-hybridized carbons (Fsp3) is 0.182. The van der Waals surface area contributed by atoms with E-state index in [1.54, 1.807) is 31.3 Å². The van der Waals surface area contributed by atoms with Crippen molar-refractivity contribution < 1.29 is 19.1 Å². The fourth-order valence-electron chi connectivity index (χ4n) is 3.52. The number of halogens is 2. The molecule has 0 aliphatic carbocycles. The minimum absolute atomic E-state index is 0.246. The molecule has 11 heteroatoms. The summed E-state index contributed by atoms with van der Waals surface area (Å²) in [5.74, 6) is -0.735. The van der Waals surface area contributed by atoms with E-state index in [0.29, 0.717) is 49.8 Å². The van der Waals surface area contributed by atoms with E-state index in [-0.39, 0.29) is 5.56 Å². The number of fused-ring (bicyclic) bond motifs is 1. The molecule has 4 aromatic rings. The molecule has 1 amide bonds. The number of rotatable bonds is 7. The monoisotopic (exact) mass is 504 g/mol. The van der Waals surface area contributed by atoms with Crippen molar-refractivity contribution in [2.24, 2.45) is 0 Å².